The molecule has 10 heteroatoms. The maximum Gasteiger partial charge on any atom is 0.272 e. The van der Waals surface area contributed by atoms with Crippen LogP contribution in [-0.4, -0.2) is 42.2 Å². The highest BCUT2D eigenvalue weighted by atomic mass is 35.6. The number of rotatable bonds is 5. The quantitative estimate of drug-likeness (QED) is 0.750. The minimum absolute atomic E-state index is 0.0468. The third kappa shape index (κ3) is 5.24. The fourth-order valence-corrected chi connectivity index (χ4v) is 2.39. The van der Waals surface area contributed by atoms with E-state index in [0.717, 1.165) is 6.26 Å². The molecule has 2 unspecified atom stereocenters. The highest BCUT2D eigenvalue weighted by molar-refractivity contribution is 7.90. The van der Waals surface area contributed by atoms with Crippen molar-refractivity contribution >= 4 is 50.5 Å². The standard InChI is InChI=1S/C12H13Cl3FNO4S/c1-22(20,21)8-4-2-7(3-5-8)10(18)9(6-16)17-11(19)12(13,14)15/h2-5,9-10,18H,6H2,1H3,(H,17,19). The van der Waals surface area contributed by atoms with Crippen molar-refractivity contribution in [3.8, 4) is 0 Å². The second kappa shape index (κ2) is 7.31. The number of hydrogen-bond acceptors (Lipinski definition) is 4. The number of carbonyl (C=O) groups excluding carboxylic acids is 1. The Bertz CT molecular complexity index is 631. The molecular formula is C12H13Cl3FNO4S. The van der Waals surface area contributed by atoms with Crippen molar-refractivity contribution in [1.82, 2.24) is 5.32 Å². The molecule has 0 saturated carbocycles. The number of halogens is 4. The van der Waals surface area contributed by atoms with E-state index in [4.69, 9.17) is 34.8 Å². The summed E-state index contributed by atoms with van der Waals surface area (Å²) in [6, 6.07) is 3.81. The zero-order chi connectivity index (χ0) is 17.1. The van der Waals surface area contributed by atoms with Crippen molar-refractivity contribution in [2.24, 2.45) is 0 Å². The van der Waals surface area contributed by atoms with E-state index in [0.29, 0.717) is 0 Å². The number of aliphatic hydroxyl groups is 1. The number of alkyl halides is 4. The highest BCUT2D eigenvalue weighted by Crippen LogP contribution is 2.27. The minimum atomic E-state index is -3.39. The van der Waals surface area contributed by atoms with Crippen LogP contribution in [0.15, 0.2) is 29.2 Å². The average Bonchev–Trinajstić information content (AvgIpc) is 2.41. The zero-order valence-electron chi connectivity index (χ0n) is 11.3. The van der Waals surface area contributed by atoms with E-state index in [2.05, 4.69) is 5.32 Å². The van der Waals surface area contributed by atoms with Crippen molar-refractivity contribution in [2.75, 3.05) is 12.9 Å². The summed E-state index contributed by atoms with van der Waals surface area (Å²) < 4.78 is 33.4. The Kier molecular flexibility index (Phi) is 6.46. The molecule has 0 heterocycles. The fourth-order valence-electron chi connectivity index (χ4n) is 1.60. The molecule has 1 aromatic carbocycles. The van der Waals surface area contributed by atoms with Crippen LogP contribution in [0.1, 0.15) is 11.7 Å². The monoisotopic (exact) mass is 391 g/mol. The molecule has 1 amide bonds. The van der Waals surface area contributed by atoms with Crippen LogP contribution in [-0.2, 0) is 14.6 Å². The summed E-state index contributed by atoms with van der Waals surface area (Å²) in [5.41, 5.74) is 0.208. The lowest BCUT2D eigenvalue weighted by molar-refractivity contribution is -0.122. The summed E-state index contributed by atoms with van der Waals surface area (Å²) in [5, 5.41) is 12.1. The van der Waals surface area contributed by atoms with E-state index >= 15 is 0 Å². The lowest BCUT2D eigenvalue weighted by Gasteiger charge is -2.23. The van der Waals surface area contributed by atoms with Gasteiger partial charge in [0.25, 0.3) is 9.70 Å². The molecule has 0 saturated heterocycles. The molecule has 2 N–H and O–H groups in total. The lowest BCUT2D eigenvalue weighted by atomic mass is 10.0. The van der Waals surface area contributed by atoms with Gasteiger partial charge in [0, 0.05) is 6.26 Å². The van der Waals surface area contributed by atoms with E-state index in [1.165, 1.54) is 24.3 Å². The maximum atomic E-state index is 13.0. The van der Waals surface area contributed by atoms with Gasteiger partial charge < -0.3 is 10.4 Å². The Hall–Kier alpha value is -0.600. The van der Waals surface area contributed by atoms with Gasteiger partial charge in [-0.2, -0.15) is 0 Å². The molecule has 0 radical (unpaired) electrons. The zero-order valence-corrected chi connectivity index (χ0v) is 14.3. The molecule has 0 bridgehead atoms. The topological polar surface area (TPSA) is 83.5 Å². The number of aliphatic hydroxyl groups excluding tert-OH is 1. The van der Waals surface area contributed by atoms with Gasteiger partial charge in [0.15, 0.2) is 9.84 Å². The number of amides is 1. The molecule has 22 heavy (non-hydrogen) atoms. The molecule has 2 atom stereocenters. The predicted octanol–water partition coefficient (Wildman–Crippen LogP) is 1.95. The van der Waals surface area contributed by atoms with Gasteiger partial charge in [0.1, 0.15) is 12.8 Å². The van der Waals surface area contributed by atoms with Crippen molar-refractivity contribution < 1.29 is 22.7 Å². The van der Waals surface area contributed by atoms with Crippen LogP contribution < -0.4 is 5.32 Å². The normalized spacial score (nSPS) is 15.2. The Morgan fingerprint density at radius 3 is 2.18 bits per heavy atom. The van der Waals surface area contributed by atoms with Crippen molar-refractivity contribution in [3.05, 3.63) is 29.8 Å². The average molecular weight is 393 g/mol. The molecule has 0 aliphatic heterocycles. The molecule has 0 spiro atoms. The third-order valence-corrected chi connectivity index (χ3v) is 4.41. The predicted molar refractivity (Wildman–Crippen MR) is 82.7 cm³/mol. The molecule has 124 valence electrons. The Labute approximate surface area is 142 Å². The summed E-state index contributed by atoms with van der Waals surface area (Å²) in [6.07, 6.45) is -0.403. The smallest absolute Gasteiger partial charge is 0.272 e. The van der Waals surface area contributed by atoms with Gasteiger partial charge in [0.2, 0.25) is 0 Å². The second-order valence-corrected chi connectivity index (χ2v) is 8.82. The summed E-state index contributed by atoms with van der Waals surface area (Å²) in [5.74, 6) is -1.08. The first kappa shape index (κ1) is 19.4. The van der Waals surface area contributed by atoms with Gasteiger partial charge in [-0.3, -0.25) is 4.79 Å². The molecule has 0 aliphatic carbocycles. The van der Waals surface area contributed by atoms with E-state index in [-0.39, 0.29) is 10.5 Å². The van der Waals surface area contributed by atoms with Gasteiger partial charge in [-0.15, -0.1) is 0 Å². The fraction of sp³-hybridized carbons (Fsp3) is 0.417. The van der Waals surface area contributed by atoms with E-state index in [1.54, 1.807) is 0 Å². The van der Waals surface area contributed by atoms with Gasteiger partial charge in [-0.05, 0) is 17.7 Å². The van der Waals surface area contributed by atoms with E-state index in [1.807, 2.05) is 0 Å². The molecular weight excluding hydrogens is 380 g/mol. The van der Waals surface area contributed by atoms with Crippen molar-refractivity contribution in [1.29, 1.82) is 0 Å². The van der Waals surface area contributed by atoms with Crippen LogP contribution in [0.5, 0.6) is 0 Å². The first-order chi connectivity index (χ1) is 9.96. The minimum Gasteiger partial charge on any atom is -0.386 e. The van der Waals surface area contributed by atoms with Crippen LogP contribution in [0.3, 0.4) is 0 Å². The number of carbonyl (C=O) groups is 1. The summed E-state index contributed by atoms with van der Waals surface area (Å²) in [7, 11) is -3.39. The van der Waals surface area contributed by atoms with Crippen LogP contribution in [0.2, 0.25) is 0 Å². The van der Waals surface area contributed by atoms with Gasteiger partial charge in [0.05, 0.1) is 10.9 Å². The summed E-state index contributed by atoms with van der Waals surface area (Å²) in [4.78, 5) is 11.5. The second-order valence-electron chi connectivity index (χ2n) is 4.52. The van der Waals surface area contributed by atoms with Crippen molar-refractivity contribution in [2.45, 2.75) is 20.8 Å². The summed E-state index contributed by atoms with van der Waals surface area (Å²) in [6.45, 7) is -1.11. The first-order valence-electron chi connectivity index (χ1n) is 5.88. The maximum absolute atomic E-state index is 13.0. The molecule has 5 nitrogen and oxygen atoms in total. The summed E-state index contributed by atoms with van der Waals surface area (Å²) >= 11 is 16.1. The van der Waals surface area contributed by atoms with E-state index < -0.39 is 38.4 Å². The molecule has 1 rings (SSSR count). The third-order valence-electron chi connectivity index (χ3n) is 2.77. The molecule has 0 fully saturated rings. The van der Waals surface area contributed by atoms with Gasteiger partial charge >= 0.3 is 0 Å². The van der Waals surface area contributed by atoms with Gasteiger partial charge in [-0.1, -0.05) is 46.9 Å². The largest absolute Gasteiger partial charge is 0.386 e. The first-order valence-corrected chi connectivity index (χ1v) is 8.91. The van der Waals surface area contributed by atoms with E-state index in [9.17, 15) is 22.7 Å². The number of sulfone groups is 1. The Balaban J connectivity index is 2.93. The van der Waals surface area contributed by atoms with Crippen LogP contribution in [0.4, 0.5) is 4.39 Å². The molecule has 0 aliphatic rings. The van der Waals surface area contributed by atoms with Crippen LogP contribution in [0, 0.1) is 0 Å². The molecule has 0 aromatic heterocycles. The van der Waals surface area contributed by atoms with Crippen LogP contribution in [0.25, 0.3) is 0 Å². The van der Waals surface area contributed by atoms with Gasteiger partial charge in [-0.25, -0.2) is 12.8 Å². The molecule has 1 aromatic rings. The number of hydrogen-bond donors (Lipinski definition) is 2. The highest BCUT2D eigenvalue weighted by Gasteiger charge is 2.34. The van der Waals surface area contributed by atoms with Crippen molar-refractivity contribution in [3.63, 3.8) is 0 Å². The Morgan fingerprint density at radius 2 is 1.82 bits per heavy atom. The number of benzene rings is 1. The number of nitrogens with one attached hydrogen (secondary N) is 1. The lowest BCUT2D eigenvalue weighted by Crippen LogP contribution is -2.45. The van der Waals surface area contributed by atoms with Crippen LogP contribution >= 0.6 is 34.8 Å². The Morgan fingerprint density at radius 1 is 1.32 bits per heavy atom. The SMILES string of the molecule is CS(=O)(=O)c1ccc(C(O)C(CF)NC(=O)C(Cl)(Cl)Cl)cc1.